The second-order valence-corrected chi connectivity index (χ2v) is 10.5. The average Bonchev–Trinajstić information content (AvgIpc) is 3.64. The number of para-hydroxylation sites is 2. The number of carbonyl (C=O) groups excluding carboxylic acids is 1. The second-order valence-electron chi connectivity index (χ2n) is 10.5. The Hall–Kier alpha value is -4.15. The molecule has 2 aliphatic rings. The molecular weight excluding hydrogens is 504 g/mol. The first-order valence-corrected chi connectivity index (χ1v) is 14.0. The molecule has 6 rings (SSSR count). The van der Waals surface area contributed by atoms with E-state index in [-0.39, 0.29) is 18.7 Å². The number of urea groups is 1. The van der Waals surface area contributed by atoms with Gasteiger partial charge in [-0.1, -0.05) is 24.3 Å². The summed E-state index contributed by atoms with van der Waals surface area (Å²) >= 11 is 0. The fraction of sp³-hybridized carbons (Fsp3) is 0.367. The zero-order valence-electron chi connectivity index (χ0n) is 22.8. The van der Waals surface area contributed by atoms with Crippen molar-refractivity contribution in [1.29, 1.82) is 0 Å². The van der Waals surface area contributed by atoms with Gasteiger partial charge in [-0.15, -0.1) is 0 Å². The molecule has 2 aromatic heterocycles. The molecule has 208 valence electrons. The van der Waals surface area contributed by atoms with Crippen molar-refractivity contribution in [3.63, 3.8) is 0 Å². The second kappa shape index (κ2) is 11.5. The minimum absolute atomic E-state index is 0.0235. The van der Waals surface area contributed by atoms with Crippen LogP contribution in [-0.4, -0.2) is 76.4 Å². The number of rotatable bonds is 7. The zero-order chi connectivity index (χ0) is 27.5. The number of carbonyl (C=O) groups is 1. The summed E-state index contributed by atoms with van der Waals surface area (Å²) in [7, 11) is 1.99. The molecule has 2 aliphatic heterocycles. The predicted octanol–water partition coefficient (Wildman–Crippen LogP) is 4.07. The SMILES string of the molecule is Cn1ccc2c(N3CCN(CCO)C(c4cccc(NC(=O)Nc5ccccc5N5CCCC5)c4)C3)ncnc21. The maximum Gasteiger partial charge on any atom is 0.323 e. The van der Waals surface area contributed by atoms with E-state index in [9.17, 15) is 9.90 Å². The fourth-order valence-corrected chi connectivity index (χ4v) is 5.96. The highest BCUT2D eigenvalue weighted by atomic mass is 16.3. The lowest BCUT2D eigenvalue weighted by molar-refractivity contribution is 0.137. The number of aromatic nitrogens is 3. The van der Waals surface area contributed by atoms with Gasteiger partial charge in [0.05, 0.1) is 29.4 Å². The van der Waals surface area contributed by atoms with E-state index in [1.54, 1.807) is 6.33 Å². The molecule has 3 N–H and O–H groups in total. The van der Waals surface area contributed by atoms with Crippen molar-refractivity contribution in [2.75, 3.05) is 66.3 Å². The summed E-state index contributed by atoms with van der Waals surface area (Å²) in [5.74, 6) is 0.921. The number of amides is 2. The molecule has 0 radical (unpaired) electrons. The van der Waals surface area contributed by atoms with Gasteiger partial charge >= 0.3 is 6.03 Å². The Kier molecular flexibility index (Phi) is 7.52. The minimum Gasteiger partial charge on any atom is -0.395 e. The van der Waals surface area contributed by atoms with Crippen LogP contribution >= 0.6 is 0 Å². The number of benzene rings is 2. The van der Waals surface area contributed by atoms with Crippen LogP contribution in [-0.2, 0) is 7.05 Å². The molecule has 2 aromatic carbocycles. The Balaban J connectivity index is 1.20. The number of aliphatic hydroxyl groups excluding tert-OH is 1. The van der Waals surface area contributed by atoms with Crippen LogP contribution < -0.4 is 20.4 Å². The number of aryl methyl sites for hydroxylation is 1. The highest BCUT2D eigenvalue weighted by Gasteiger charge is 2.30. The number of β-amino-alcohol motifs (C(OH)–C–C–N with tert-alkyl or cyclic N) is 1. The third-order valence-electron chi connectivity index (χ3n) is 7.95. The molecule has 10 nitrogen and oxygen atoms in total. The Bertz CT molecular complexity index is 1480. The number of nitrogens with one attached hydrogen (secondary N) is 2. The van der Waals surface area contributed by atoms with Gasteiger partial charge in [-0.3, -0.25) is 4.90 Å². The molecule has 4 aromatic rings. The van der Waals surface area contributed by atoms with Gasteiger partial charge in [0.15, 0.2) is 0 Å². The molecule has 2 fully saturated rings. The van der Waals surface area contributed by atoms with Crippen molar-refractivity contribution in [3.8, 4) is 0 Å². The summed E-state index contributed by atoms with van der Waals surface area (Å²) < 4.78 is 2.00. The third-order valence-corrected chi connectivity index (χ3v) is 7.95. The Morgan fingerprint density at radius 2 is 1.82 bits per heavy atom. The lowest BCUT2D eigenvalue weighted by Crippen LogP contribution is -2.49. The van der Waals surface area contributed by atoms with Crippen LogP contribution in [0.2, 0.25) is 0 Å². The van der Waals surface area contributed by atoms with Crippen molar-refractivity contribution in [1.82, 2.24) is 19.4 Å². The summed E-state index contributed by atoms with van der Waals surface area (Å²) in [6, 6.07) is 17.8. The van der Waals surface area contributed by atoms with E-state index in [1.165, 1.54) is 12.8 Å². The van der Waals surface area contributed by atoms with Crippen LogP contribution in [0.15, 0.2) is 67.1 Å². The summed E-state index contributed by atoms with van der Waals surface area (Å²) in [5, 5.41) is 16.9. The summed E-state index contributed by atoms with van der Waals surface area (Å²) in [6.07, 6.45) is 5.98. The molecule has 2 amide bonds. The summed E-state index contributed by atoms with van der Waals surface area (Å²) in [4.78, 5) is 29.1. The van der Waals surface area contributed by atoms with Gasteiger partial charge in [-0.2, -0.15) is 0 Å². The topological polar surface area (TPSA) is 102 Å². The molecule has 1 atom stereocenters. The van der Waals surface area contributed by atoms with E-state index >= 15 is 0 Å². The van der Waals surface area contributed by atoms with Gasteiger partial charge in [0, 0.05) is 58.2 Å². The van der Waals surface area contributed by atoms with Crippen LogP contribution in [0, 0.1) is 0 Å². The molecule has 0 spiro atoms. The number of hydrogen-bond acceptors (Lipinski definition) is 7. The monoisotopic (exact) mass is 540 g/mol. The standard InChI is InChI=1S/C30H36N8O2/c1-35-14-11-24-28(35)31-21-32-29(24)38-16-15-37(17-18-39)27(20-38)22-7-6-8-23(19-22)33-30(40)34-25-9-2-3-10-26(25)36-12-4-5-13-36/h2-3,6-11,14,19,21,27,39H,4-5,12-13,15-18,20H2,1H3,(H2,33,34,40). The van der Waals surface area contributed by atoms with Crippen molar-refractivity contribution in [2.45, 2.75) is 18.9 Å². The van der Waals surface area contributed by atoms with E-state index in [2.05, 4.69) is 53.5 Å². The molecule has 0 saturated carbocycles. The van der Waals surface area contributed by atoms with Crippen molar-refractivity contribution in [2.24, 2.45) is 7.05 Å². The van der Waals surface area contributed by atoms with Gasteiger partial charge in [0.1, 0.15) is 17.8 Å². The third kappa shape index (κ3) is 5.32. The highest BCUT2D eigenvalue weighted by molar-refractivity contribution is 6.02. The van der Waals surface area contributed by atoms with E-state index in [0.29, 0.717) is 13.1 Å². The smallest absolute Gasteiger partial charge is 0.323 e. The largest absolute Gasteiger partial charge is 0.395 e. The summed E-state index contributed by atoms with van der Waals surface area (Å²) in [6.45, 7) is 4.98. The molecule has 0 bridgehead atoms. The number of aliphatic hydroxyl groups is 1. The normalized spacial score (nSPS) is 17.9. The fourth-order valence-electron chi connectivity index (χ4n) is 5.96. The Labute approximate surface area is 234 Å². The Morgan fingerprint density at radius 3 is 2.67 bits per heavy atom. The Morgan fingerprint density at radius 1 is 0.975 bits per heavy atom. The average molecular weight is 541 g/mol. The van der Waals surface area contributed by atoms with Crippen molar-refractivity contribution >= 4 is 39.9 Å². The lowest BCUT2D eigenvalue weighted by Gasteiger charge is -2.42. The van der Waals surface area contributed by atoms with E-state index in [4.69, 9.17) is 0 Å². The molecule has 2 saturated heterocycles. The molecule has 40 heavy (non-hydrogen) atoms. The van der Waals surface area contributed by atoms with Gasteiger partial charge in [0.25, 0.3) is 0 Å². The van der Waals surface area contributed by atoms with Gasteiger partial charge < -0.3 is 30.1 Å². The van der Waals surface area contributed by atoms with Crippen molar-refractivity contribution in [3.05, 3.63) is 72.7 Å². The minimum atomic E-state index is -0.270. The summed E-state index contributed by atoms with van der Waals surface area (Å²) in [5.41, 5.74) is 4.58. The zero-order valence-corrected chi connectivity index (χ0v) is 22.8. The van der Waals surface area contributed by atoms with Crippen LogP contribution in [0.25, 0.3) is 11.0 Å². The first-order chi connectivity index (χ1) is 19.6. The van der Waals surface area contributed by atoms with Gasteiger partial charge in [-0.05, 0) is 48.7 Å². The first kappa shape index (κ1) is 26.1. The number of fused-ring (bicyclic) bond motifs is 1. The maximum atomic E-state index is 13.1. The molecule has 1 unspecified atom stereocenters. The van der Waals surface area contributed by atoms with Crippen molar-refractivity contribution < 1.29 is 9.90 Å². The number of hydrogen-bond donors (Lipinski definition) is 3. The maximum absolute atomic E-state index is 13.1. The van der Waals surface area contributed by atoms with Crippen LogP contribution in [0.1, 0.15) is 24.4 Å². The quantitative estimate of drug-likeness (QED) is 0.325. The van der Waals surface area contributed by atoms with E-state index in [0.717, 1.165) is 65.7 Å². The van der Waals surface area contributed by atoms with Gasteiger partial charge in [0.2, 0.25) is 0 Å². The molecule has 10 heteroatoms. The lowest BCUT2D eigenvalue weighted by atomic mass is 10.0. The number of piperazine rings is 1. The van der Waals surface area contributed by atoms with Crippen LogP contribution in [0.5, 0.6) is 0 Å². The highest BCUT2D eigenvalue weighted by Crippen LogP contribution is 2.32. The number of nitrogens with zero attached hydrogens (tertiary/aromatic N) is 6. The van der Waals surface area contributed by atoms with Gasteiger partial charge in [-0.25, -0.2) is 14.8 Å². The number of anilines is 4. The van der Waals surface area contributed by atoms with Crippen LogP contribution in [0.3, 0.4) is 0 Å². The molecule has 4 heterocycles. The predicted molar refractivity (Wildman–Crippen MR) is 159 cm³/mol. The first-order valence-electron chi connectivity index (χ1n) is 14.0. The van der Waals surface area contributed by atoms with E-state index < -0.39 is 0 Å². The molecular formula is C30H36N8O2. The van der Waals surface area contributed by atoms with E-state index in [1.807, 2.05) is 54.2 Å². The van der Waals surface area contributed by atoms with Crippen LogP contribution in [0.4, 0.5) is 27.7 Å². The molecule has 0 aliphatic carbocycles.